The highest BCUT2D eigenvalue weighted by Crippen LogP contribution is 2.32. The van der Waals surface area contributed by atoms with Crippen LogP contribution < -0.4 is 15.0 Å². The molecule has 0 aromatic heterocycles. The number of allylic oxidation sites excluding steroid dienone is 1. The van der Waals surface area contributed by atoms with Crippen LogP contribution in [0.15, 0.2) is 95.1 Å². The molecule has 48 heavy (non-hydrogen) atoms. The minimum atomic E-state index is -1.03. The number of anilines is 1. The summed E-state index contributed by atoms with van der Waals surface area (Å²) >= 11 is 1.44. The summed E-state index contributed by atoms with van der Waals surface area (Å²) < 4.78 is 10.4. The van der Waals surface area contributed by atoms with Crippen LogP contribution in [0.4, 0.5) is 11.4 Å². The third-order valence-electron chi connectivity index (χ3n) is 8.71. The van der Waals surface area contributed by atoms with Gasteiger partial charge in [-0.25, -0.2) is 9.79 Å². The number of carbonyl (C=O) groups excluding carboxylic acids is 2. The lowest BCUT2D eigenvalue weighted by Crippen LogP contribution is -2.47. The van der Waals surface area contributed by atoms with Gasteiger partial charge >= 0.3 is 5.97 Å². The minimum absolute atomic E-state index is 0.102. The zero-order valence-electron chi connectivity index (χ0n) is 27.5. The van der Waals surface area contributed by atoms with Crippen molar-refractivity contribution >= 4 is 40.2 Å². The van der Waals surface area contributed by atoms with Gasteiger partial charge in [-0.3, -0.25) is 19.8 Å². The first kappa shape index (κ1) is 34.6. The zero-order valence-corrected chi connectivity index (χ0v) is 28.3. The number of nitrogens with zero attached hydrogens (tertiary/aromatic N) is 4. The van der Waals surface area contributed by atoms with Crippen LogP contribution in [0.3, 0.4) is 0 Å². The molecule has 1 fully saturated rings. The van der Waals surface area contributed by atoms with Gasteiger partial charge < -0.3 is 19.7 Å². The van der Waals surface area contributed by atoms with E-state index in [0.29, 0.717) is 34.6 Å². The number of non-ortho nitro benzene ring substituents is 1. The fraction of sp³-hybridized carbons (Fsp3) is 0.361. The molecule has 5 rings (SSSR count). The summed E-state index contributed by atoms with van der Waals surface area (Å²) in [6, 6.07) is 24.0. The first-order chi connectivity index (χ1) is 23.3. The third-order valence-corrected chi connectivity index (χ3v) is 9.67. The van der Waals surface area contributed by atoms with Gasteiger partial charge in [0.05, 0.1) is 19.1 Å². The number of rotatable bonds is 12. The Morgan fingerprint density at radius 2 is 1.71 bits per heavy atom. The monoisotopic (exact) mass is 671 g/mol. The van der Waals surface area contributed by atoms with Crippen LogP contribution in [0.2, 0.25) is 0 Å². The molecule has 1 atom stereocenters. The number of nitro benzene ring substituents is 1. The Hall–Kier alpha value is -4.68. The van der Waals surface area contributed by atoms with Gasteiger partial charge in [0.25, 0.3) is 5.69 Å². The third kappa shape index (κ3) is 8.61. The number of likely N-dealkylation sites (tertiary alicyclic amines) is 1. The Labute approximate surface area is 285 Å². The van der Waals surface area contributed by atoms with E-state index in [9.17, 15) is 19.7 Å². The highest BCUT2D eigenvalue weighted by molar-refractivity contribution is 8.13. The molecule has 0 aliphatic carbocycles. The highest BCUT2D eigenvalue weighted by atomic mass is 32.2. The van der Waals surface area contributed by atoms with E-state index in [2.05, 4.69) is 34.5 Å². The molecule has 0 bridgehead atoms. The lowest BCUT2D eigenvalue weighted by atomic mass is 9.89. The number of piperidine rings is 1. The molecular formula is C36H41N5O6S. The first-order valence-electron chi connectivity index (χ1n) is 16.0. The topological polar surface area (TPSA) is 127 Å². The van der Waals surface area contributed by atoms with Crippen LogP contribution in [-0.4, -0.2) is 66.9 Å². The number of nitro groups is 1. The van der Waals surface area contributed by atoms with Crippen LogP contribution in [0.25, 0.3) is 0 Å². The standard InChI is InChI=1S/C36H41N5O6S/c1-25-33(35(43)47-3)34(38-36(37-25)48-24-26-11-17-31(46-2)18-12-26)40(29-13-15-30(16-14-29)41(44)45)32(42)10-7-21-39-22-19-28(20-23-39)27-8-5-4-6-9-27/h4-6,8-9,11-18,28,34H,7,10,19-24H2,1-3H3,(H,37,38). The van der Waals surface area contributed by atoms with Crippen LogP contribution in [0.5, 0.6) is 5.75 Å². The summed E-state index contributed by atoms with van der Waals surface area (Å²) in [4.78, 5) is 46.9. The van der Waals surface area contributed by atoms with Crippen molar-refractivity contribution in [2.24, 2.45) is 4.99 Å². The number of hydrogen-bond donors (Lipinski definition) is 1. The fourth-order valence-corrected chi connectivity index (χ4v) is 6.97. The number of amidine groups is 1. The lowest BCUT2D eigenvalue weighted by Gasteiger charge is -2.35. The second-order valence-electron chi connectivity index (χ2n) is 11.8. The Morgan fingerprint density at radius 1 is 1.02 bits per heavy atom. The lowest BCUT2D eigenvalue weighted by molar-refractivity contribution is -0.384. The number of methoxy groups -OCH3 is 2. The van der Waals surface area contributed by atoms with Gasteiger partial charge in [0.1, 0.15) is 11.3 Å². The summed E-state index contributed by atoms with van der Waals surface area (Å²) in [6.07, 6.45) is 1.92. The van der Waals surface area contributed by atoms with E-state index in [-0.39, 0.29) is 23.6 Å². The maximum absolute atomic E-state index is 14.1. The number of thioether (sulfide) groups is 1. The first-order valence-corrected chi connectivity index (χ1v) is 17.0. The average Bonchev–Trinajstić information content (AvgIpc) is 3.11. The molecule has 11 nitrogen and oxygen atoms in total. The van der Waals surface area contributed by atoms with Crippen molar-refractivity contribution in [3.63, 3.8) is 0 Å². The normalized spacial score (nSPS) is 16.9. The van der Waals surface area contributed by atoms with E-state index in [0.717, 1.165) is 43.8 Å². The number of aliphatic imine (C=N–C) groups is 1. The van der Waals surface area contributed by atoms with Crippen molar-refractivity contribution < 1.29 is 24.0 Å². The molecule has 2 heterocycles. The summed E-state index contributed by atoms with van der Waals surface area (Å²) in [7, 11) is 2.90. The molecule has 252 valence electrons. The number of amides is 1. The molecule has 12 heteroatoms. The second-order valence-corrected chi connectivity index (χ2v) is 12.7. The Morgan fingerprint density at radius 3 is 2.33 bits per heavy atom. The second kappa shape index (κ2) is 16.4. The number of esters is 1. The zero-order chi connectivity index (χ0) is 34.0. The van der Waals surface area contributed by atoms with Crippen molar-refractivity contribution in [1.82, 2.24) is 10.2 Å². The van der Waals surface area contributed by atoms with Crippen molar-refractivity contribution in [1.29, 1.82) is 0 Å². The molecule has 1 unspecified atom stereocenters. The van der Waals surface area contributed by atoms with Gasteiger partial charge in [-0.2, -0.15) is 0 Å². The predicted molar refractivity (Wildman–Crippen MR) is 188 cm³/mol. The average molecular weight is 672 g/mol. The largest absolute Gasteiger partial charge is 0.497 e. The Balaban J connectivity index is 1.34. The minimum Gasteiger partial charge on any atom is -0.497 e. The van der Waals surface area contributed by atoms with E-state index in [1.165, 1.54) is 53.6 Å². The van der Waals surface area contributed by atoms with E-state index in [1.807, 2.05) is 30.3 Å². The Bertz CT molecular complexity index is 1640. The number of nitrogens with one attached hydrogen (secondary N) is 1. The van der Waals surface area contributed by atoms with Crippen molar-refractivity contribution in [3.05, 3.63) is 111 Å². The van der Waals surface area contributed by atoms with Crippen molar-refractivity contribution in [2.45, 2.75) is 50.4 Å². The molecular weight excluding hydrogens is 630 g/mol. The Kier molecular flexibility index (Phi) is 11.9. The summed E-state index contributed by atoms with van der Waals surface area (Å²) in [5.41, 5.74) is 3.42. The molecule has 1 amide bonds. The smallest absolute Gasteiger partial charge is 0.339 e. The van der Waals surface area contributed by atoms with Gasteiger partial charge in [-0.15, -0.1) is 0 Å². The van der Waals surface area contributed by atoms with Gasteiger partial charge in [0.15, 0.2) is 11.3 Å². The molecule has 2 aliphatic rings. The van der Waals surface area contributed by atoms with Gasteiger partial charge in [0.2, 0.25) is 5.91 Å². The molecule has 3 aromatic rings. The van der Waals surface area contributed by atoms with Gasteiger partial charge in [-0.1, -0.05) is 54.2 Å². The predicted octanol–water partition coefficient (Wildman–Crippen LogP) is 6.26. The van der Waals surface area contributed by atoms with Crippen LogP contribution in [-0.2, 0) is 20.1 Å². The number of carbonyl (C=O) groups is 2. The maximum atomic E-state index is 14.1. The van der Waals surface area contributed by atoms with Crippen LogP contribution in [0, 0.1) is 10.1 Å². The molecule has 1 N–H and O–H groups in total. The van der Waals surface area contributed by atoms with Crippen molar-refractivity contribution in [3.8, 4) is 5.75 Å². The molecule has 0 saturated carbocycles. The van der Waals surface area contributed by atoms with Gasteiger partial charge in [0, 0.05) is 35.7 Å². The van der Waals surface area contributed by atoms with E-state index >= 15 is 0 Å². The van der Waals surface area contributed by atoms with Crippen LogP contribution in [0.1, 0.15) is 49.7 Å². The SMILES string of the molecule is COC(=O)C1=C(C)NC(SCc2ccc(OC)cc2)=NC1N(C(=O)CCCN1CCC(c2ccccc2)CC1)c1ccc([N+](=O)[O-])cc1. The van der Waals surface area contributed by atoms with E-state index < -0.39 is 17.1 Å². The van der Waals surface area contributed by atoms with Crippen molar-refractivity contribution in [2.75, 3.05) is 38.8 Å². The molecule has 3 aromatic carbocycles. The quantitative estimate of drug-likeness (QED) is 0.135. The molecule has 2 aliphatic heterocycles. The fourth-order valence-electron chi connectivity index (χ4n) is 6.08. The number of benzene rings is 3. The summed E-state index contributed by atoms with van der Waals surface area (Å²) in [5, 5.41) is 15.2. The molecule has 0 radical (unpaired) electrons. The van der Waals surface area contributed by atoms with E-state index in [1.54, 1.807) is 14.0 Å². The van der Waals surface area contributed by atoms with E-state index in [4.69, 9.17) is 14.5 Å². The molecule has 1 saturated heterocycles. The number of hydrogen-bond acceptors (Lipinski definition) is 10. The highest BCUT2D eigenvalue weighted by Gasteiger charge is 2.37. The number of ether oxygens (including phenoxy) is 2. The summed E-state index contributed by atoms with van der Waals surface area (Å²) in [5.74, 6) is 1.02. The maximum Gasteiger partial charge on any atom is 0.339 e. The molecule has 0 spiro atoms. The van der Waals surface area contributed by atoms with Gasteiger partial charge in [-0.05, 0) is 87.1 Å². The van der Waals surface area contributed by atoms with Crippen LogP contribution >= 0.6 is 11.8 Å². The summed E-state index contributed by atoms with van der Waals surface area (Å²) in [6.45, 7) is 4.43.